The Bertz CT molecular complexity index is 758. The Labute approximate surface area is 159 Å². The Balaban J connectivity index is 0.000000380. The van der Waals surface area contributed by atoms with Crippen molar-refractivity contribution in [1.29, 1.82) is 0 Å². The zero-order valence-electron chi connectivity index (χ0n) is 15.8. The Hall–Kier alpha value is -2.70. The zero-order valence-corrected chi connectivity index (χ0v) is 15.8. The maximum Gasteiger partial charge on any atom is 0.414 e. The van der Waals surface area contributed by atoms with Gasteiger partial charge in [0.05, 0.1) is 18.8 Å². The number of carboxylic acids is 2. The molecule has 0 bridgehead atoms. The molecular formula is C21H25NO5. The van der Waals surface area contributed by atoms with E-state index in [1.165, 1.54) is 22.3 Å². The van der Waals surface area contributed by atoms with Crippen LogP contribution in [0.25, 0.3) is 0 Å². The molecule has 0 aliphatic carbocycles. The van der Waals surface area contributed by atoms with Crippen LogP contribution in [0.15, 0.2) is 48.5 Å². The number of benzene rings is 2. The largest absolute Gasteiger partial charge is 0.473 e. The van der Waals surface area contributed by atoms with Crippen LogP contribution in [0.5, 0.6) is 0 Å². The van der Waals surface area contributed by atoms with Gasteiger partial charge in [0, 0.05) is 6.54 Å². The van der Waals surface area contributed by atoms with Crippen LogP contribution in [-0.4, -0.2) is 46.7 Å². The van der Waals surface area contributed by atoms with Crippen LogP contribution in [-0.2, 0) is 20.9 Å². The predicted molar refractivity (Wildman–Crippen MR) is 102 cm³/mol. The van der Waals surface area contributed by atoms with Crippen molar-refractivity contribution in [2.45, 2.75) is 32.6 Å². The fourth-order valence-corrected chi connectivity index (χ4v) is 3.26. The van der Waals surface area contributed by atoms with Crippen molar-refractivity contribution >= 4 is 11.9 Å². The van der Waals surface area contributed by atoms with Crippen LogP contribution in [0.1, 0.15) is 28.3 Å². The number of ether oxygens (including phenoxy) is 1. The molecule has 0 spiro atoms. The molecule has 3 rings (SSSR count). The highest BCUT2D eigenvalue weighted by Gasteiger charge is 2.38. The first-order chi connectivity index (χ1) is 12.8. The van der Waals surface area contributed by atoms with Gasteiger partial charge in [-0.2, -0.15) is 0 Å². The van der Waals surface area contributed by atoms with E-state index in [1.54, 1.807) is 0 Å². The van der Waals surface area contributed by atoms with E-state index in [4.69, 9.17) is 24.5 Å². The van der Waals surface area contributed by atoms with Crippen LogP contribution < -0.4 is 0 Å². The molecule has 2 atom stereocenters. The van der Waals surface area contributed by atoms with E-state index < -0.39 is 11.9 Å². The summed E-state index contributed by atoms with van der Waals surface area (Å²) in [6.07, 6.45) is 0.290. The molecule has 1 saturated heterocycles. The van der Waals surface area contributed by atoms with Gasteiger partial charge in [-0.3, -0.25) is 4.90 Å². The van der Waals surface area contributed by atoms with E-state index in [0.29, 0.717) is 18.8 Å². The van der Waals surface area contributed by atoms with Gasteiger partial charge in [-0.05, 0) is 32.0 Å². The standard InChI is InChI=1S/C19H23NO.C2H2O4/c1-14-9-15(2)11-16(10-14)13-21-18-12-20(3)19(18)17-7-5-4-6-8-17;3-1(4)2(5)6/h4-11,18-19H,12-13H2,1-3H3;(H,3,4)(H,5,6)/t18-,19-;/m0./s1. The van der Waals surface area contributed by atoms with Crippen molar-refractivity contribution in [3.05, 3.63) is 70.8 Å². The van der Waals surface area contributed by atoms with Gasteiger partial charge in [-0.15, -0.1) is 0 Å². The van der Waals surface area contributed by atoms with Gasteiger partial charge >= 0.3 is 11.9 Å². The molecule has 0 aromatic heterocycles. The maximum absolute atomic E-state index is 9.10. The fraction of sp³-hybridized carbons (Fsp3) is 0.333. The lowest BCUT2D eigenvalue weighted by molar-refractivity contribution is -0.159. The number of carbonyl (C=O) groups is 2. The number of rotatable bonds is 4. The fourth-order valence-electron chi connectivity index (χ4n) is 3.26. The first kappa shape index (κ1) is 20.6. The second kappa shape index (κ2) is 9.30. The third-order valence-corrected chi connectivity index (χ3v) is 4.36. The summed E-state index contributed by atoms with van der Waals surface area (Å²) in [5, 5.41) is 14.8. The SMILES string of the molecule is Cc1cc(C)cc(CO[C@H]2CN(C)[C@H]2c2ccccc2)c1.O=C(O)C(=O)O. The van der Waals surface area contributed by atoms with Gasteiger partial charge in [0.2, 0.25) is 0 Å². The highest BCUT2D eigenvalue weighted by molar-refractivity contribution is 6.27. The van der Waals surface area contributed by atoms with E-state index >= 15 is 0 Å². The number of likely N-dealkylation sites (N-methyl/N-ethyl adjacent to an activating group) is 1. The number of carboxylic acid groups (broad SMARTS) is 2. The molecule has 1 heterocycles. The minimum atomic E-state index is -1.82. The Kier molecular flexibility index (Phi) is 7.10. The van der Waals surface area contributed by atoms with Crippen LogP contribution in [0.2, 0.25) is 0 Å². The second-order valence-corrected chi connectivity index (χ2v) is 6.75. The van der Waals surface area contributed by atoms with E-state index in [-0.39, 0.29) is 0 Å². The third-order valence-electron chi connectivity index (χ3n) is 4.36. The van der Waals surface area contributed by atoms with Crippen molar-refractivity contribution in [2.24, 2.45) is 0 Å². The van der Waals surface area contributed by atoms with Gasteiger partial charge in [0.1, 0.15) is 0 Å². The molecule has 144 valence electrons. The molecule has 6 nitrogen and oxygen atoms in total. The molecule has 0 amide bonds. The molecule has 0 saturated carbocycles. The summed E-state index contributed by atoms with van der Waals surface area (Å²) in [5.74, 6) is -3.65. The van der Waals surface area contributed by atoms with Crippen LogP contribution in [0.4, 0.5) is 0 Å². The molecule has 27 heavy (non-hydrogen) atoms. The summed E-state index contributed by atoms with van der Waals surface area (Å²) < 4.78 is 6.17. The minimum Gasteiger partial charge on any atom is -0.473 e. The normalized spacial score (nSPS) is 18.8. The van der Waals surface area contributed by atoms with Gasteiger partial charge in [0.25, 0.3) is 0 Å². The molecule has 6 heteroatoms. The summed E-state index contributed by atoms with van der Waals surface area (Å²) in [6.45, 7) is 5.98. The third kappa shape index (κ3) is 5.91. The number of aryl methyl sites for hydroxylation is 2. The van der Waals surface area contributed by atoms with Crippen molar-refractivity contribution in [3.8, 4) is 0 Å². The molecular weight excluding hydrogens is 346 g/mol. The quantitative estimate of drug-likeness (QED) is 0.804. The monoisotopic (exact) mass is 371 g/mol. The number of hydrogen-bond donors (Lipinski definition) is 2. The summed E-state index contributed by atoms with van der Waals surface area (Å²) in [5.41, 5.74) is 5.23. The molecule has 2 aromatic carbocycles. The summed E-state index contributed by atoms with van der Waals surface area (Å²) in [6, 6.07) is 17.7. The van der Waals surface area contributed by atoms with E-state index in [1.807, 2.05) is 0 Å². The highest BCUT2D eigenvalue weighted by atomic mass is 16.5. The number of hydrogen-bond acceptors (Lipinski definition) is 4. The van der Waals surface area contributed by atoms with Crippen LogP contribution >= 0.6 is 0 Å². The van der Waals surface area contributed by atoms with Gasteiger partial charge in [-0.1, -0.05) is 59.7 Å². The van der Waals surface area contributed by atoms with Gasteiger partial charge in [0.15, 0.2) is 0 Å². The number of likely N-dealkylation sites (tertiary alicyclic amines) is 1. The van der Waals surface area contributed by atoms with Gasteiger partial charge < -0.3 is 14.9 Å². The minimum absolute atomic E-state index is 0.290. The lowest BCUT2D eigenvalue weighted by Crippen LogP contribution is -2.52. The molecule has 0 unspecified atom stereocenters. The zero-order chi connectivity index (χ0) is 20.0. The molecule has 2 N–H and O–H groups in total. The molecule has 1 fully saturated rings. The first-order valence-electron chi connectivity index (χ1n) is 8.68. The Morgan fingerprint density at radius 3 is 2.07 bits per heavy atom. The van der Waals surface area contributed by atoms with Crippen LogP contribution in [0.3, 0.4) is 0 Å². The van der Waals surface area contributed by atoms with E-state index in [9.17, 15) is 0 Å². The topological polar surface area (TPSA) is 87.1 Å². The first-order valence-corrected chi connectivity index (χ1v) is 8.68. The molecule has 1 aliphatic rings. The molecule has 1 aliphatic heterocycles. The molecule has 2 aromatic rings. The lowest BCUT2D eigenvalue weighted by atomic mass is 9.92. The van der Waals surface area contributed by atoms with E-state index in [0.717, 1.165) is 6.54 Å². The predicted octanol–water partition coefficient (Wildman–Crippen LogP) is 3.03. The van der Waals surface area contributed by atoms with Crippen molar-refractivity contribution in [2.75, 3.05) is 13.6 Å². The summed E-state index contributed by atoms with van der Waals surface area (Å²) in [7, 11) is 2.16. The number of aliphatic carboxylic acids is 2. The summed E-state index contributed by atoms with van der Waals surface area (Å²) >= 11 is 0. The molecule has 0 radical (unpaired) electrons. The van der Waals surface area contributed by atoms with Crippen molar-refractivity contribution in [1.82, 2.24) is 4.90 Å². The highest BCUT2D eigenvalue weighted by Crippen LogP contribution is 2.34. The van der Waals surface area contributed by atoms with Crippen molar-refractivity contribution < 1.29 is 24.5 Å². The maximum atomic E-state index is 9.10. The second-order valence-electron chi connectivity index (χ2n) is 6.75. The smallest absolute Gasteiger partial charge is 0.414 e. The van der Waals surface area contributed by atoms with Crippen molar-refractivity contribution in [3.63, 3.8) is 0 Å². The lowest BCUT2D eigenvalue weighted by Gasteiger charge is -2.45. The van der Waals surface area contributed by atoms with Gasteiger partial charge in [-0.25, -0.2) is 9.59 Å². The number of nitrogens with zero attached hydrogens (tertiary/aromatic N) is 1. The average molecular weight is 371 g/mol. The van der Waals surface area contributed by atoms with E-state index in [2.05, 4.69) is 74.3 Å². The van der Waals surface area contributed by atoms with Crippen LogP contribution in [0, 0.1) is 13.8 Å². The summed E-state index contributed by atoms with van der Waals surface area (Å²) in [4.78, 5) is 20.5. The Morgan fingerprint density at radius 2 is 1.59 bits per heavy atom. The average Bonchev–Trinajstić information content (AvgIpc) is 2.59. The Morgan fingerprint density at radius 1 is 1.04 bits per heavy atom.